The number of pyridine rings is 1. The predicted octanol–water partition coefficient (Wildman–Crippen LogP) is 6.78. The van der Waals surface area contributed by atoms with Gasteiger partial charge in [-0.25, -0.2) is 17.6 Å². The first kappa shape index (κ1) is 34.3. The van der Waals surface area contributed by atoms with Gasteiger partial charge in [0, 0.05) is 56.8 Å². The molecule has 3 aliphatic rings. The molecule has 2 atom stereocenters. The first-order valence-electron chi connectivity index (χ1n) is 16.0. The summed E-state index contributed by atoms with van der Waals surface area (Å²) in [5.41, 5.74) is -0.183. The number of ether oxygens (including phenoxy) is 1. The molecular formula is C35H34ClF4N7O2. The van der Waals surface area contributed by atoms with Crippen molar-refractivity contribution in [3.63, 3.8) is 0 Å². The van der Waals surface area contributed by atoms with Gasteiger partial charge in [-0.1, -0.05) is 42.4 Å². The van der Waals surface area contributed by atoms with Crippen LogP contribution in [0.3, 0.4) is 0 Å². The van der Waals surface area contributed by atoms with E-state index in [1.54, 1.807) is 30.3 Å². The highest BCUT2D eigenvalue weighted by molar-refractivity contribution is 6.36. The maximum absolute atomic E-state index is 16.6. The Bertz CT molecular complexity index is 1970. The standard InChI is InChI=1S/C33H31ClF4N6O2.C2H3N/c1-19(35)31(45)43-14-12-42(13-15-43)30-23-16-39-28(22-5-2-4-20-6-7-24(37)26(34)25(20)22)27(38)29(23)40-32(41-30)46-18-33-9-3-11-44(33)17-21(36)8-10-33;1-2-3/h2,4-7,16,21H,1,3,8-15,17-18H2;1H3. The Labute approximate surface area is 285 Å². The molecule has 3 fully saturated rings. The van der Waals surface area contributed by atoms with Gasteiger partial charge in [-0.15, -0.1) is 0 Å². The van der Waals surface area contributed by atoms with E-state index < -0.39 is 29.5 Å². The molecule has 0 aliphatic carbocycles. The molecule has 2 unspecified atom stereocenters. The number of halogens is 5. The van der Waals surface area contributed by atoms with Gasteiger partial charge in [-0.2, -0.15) is 15.2 Å². The van der Waals surface area contributed by atoms with Crippen LogP contribution in [0.25, 0.3) is 32.9 Å². The Hall–Kier alpha value is -4.54. The summed E-state index contributed by atoms with van der Waals surface area (Å²) in [6.07, 6.45) is 3.41. The summed E-state index contributed by atoms with van der Waals surface area (Å²) in [6.45, 7) is 6.82. The maximum Gasteiger partial charge on any atom is 0.319 e. The van der Waals surface area contributed by atoms with Crippen molar-refractivity contribution in [1.82, 2.24) is 24.8 Å². The fourth-order valence-electron chi connectivity index (χ4n) is 7.07. The van der Waals surface area contributed by atoms with Crippen LogP contribution in [-0.2, 0) is 4.79 Å². The summed E-state index contributed by atoms with van der Waals surface area (Å²) in [7, 11) is 0. The Morgan fingerprint density at radius 1 is 1.14 bits per heavy atom. The van der Waals surface area contributed by atoms with Gasteiger partial charge >= 0.3 is 6.01 Å². The van der Waals surface area contributed by atoms with E-state index in [9.17, 15) is 18.0 Å². The summed E-state index contributed by atoms with van der Waals surface area (Å²) in [5, 5.41) is 8.41. The number of fused-ring (bicyclic) bond motifs is 3. The van der Waals surface area contributed by atoms with Gasteiger partial charge in [0.25, 0.3) is 5.91 Å². The lowest BCUT2D eigenvalue weighted by molar-refractivity contribution is -0.128. The van der Waals surface area contributed by atoms with Crippen molar-refractivity contribution in [3.05, 3.63) is 65.6 Å². The average molecular weight is 696 g/mol. The number of carbonyl (C=O) groups excluding carboxylic acids is 1. The molecule has 3 saturated heterocycles. The number of hydrogen-bond donors (Lipinski definition) is 0. The number of nitriles is 1. The van der Waals surface area contributed by atoms with Crippen LogP contribution >= 0.6 is 11.6 Å². The molecule has 0 radical (unpaired) electrons. The van der Waals surface area contributed by atoms with Crippen molar-refractivity contribution in [1.29, 1.82) is 5.26 Å². The third-order valence-corrected chi connectivity index (χ3v) is 9.85. The zero-order valence-electron chi connectivity index (χ0n) is 26.9. The molecule has 49 heavy (non-hydrogen) atoms. The molecule has 256 valence electrons. The topological polar surface area (TPSA) is 98.5 Å². The van der Waals surface area contributed by atoms with E-state index >= 15 is 4.39 Å². The van der Waals surface area contributed by atoms with Gasteiger partial charge < -0.3 is 14.5 Å². The molecule has 4 aromatic rings. The van der Waals surface area contributed by atoms with Crippen LogP contribution in [-0.4, -0.2) is 88.2 Å². The van der Waals surface area contributed by atoms with E-state index in [0.717, 1.165) is 19.4 Å². The first-order valence-corrected chi connectivity index (χ1v) is 16.4. The van der Waals surface area contributed by atoms with E-state index in [2.05, 4.69) is 26.4 Å². The summed E-state index contributed by atoms with van der Waals surface area (Å²) >= 11 is 6.36. The van der Waals surface area contributed by atoms with Crippen LogP contribution in [0.4, 0.5) is 23.4 Å². The largest absolute Gasteiger partial charge is 0.461 e. The molecule has 0 spiro atoms. The van der Waals surface area contributed by atoms with E-state index in [4.69, 9.17) is 21.6 Å². The number of piperazine rings is 1. The lowest BCUT2D eigenvalue weighted by Gasteiger charge is -2.43. The molecule has 14 heteroatoms. The van der Waals surface area contributed by atoms with E-state index in [1.807, 2.05) is 4.90 Å². The molecule has 2 aromatic carbocycles. The number of nitrogens with zero attached hydrogens (tertiary/aromatic N) is 7. The molecule has 0 N–H and O–H groups in total. The summed E-state index contributed by atoms with van der Waals surface area (Å²) < 4.78 is 65.2. The normalized spacial score (nSPS) is 20.8. The number of alkyl halides is 1. The van der Waals surface area contributed by atoms with Crippen LogP contribution in [0.15, 0.2) is 48.9 Å². The summed E-state index contributed by atoms with van der Waals surface area (Å²) in [6, 6.07) is 9.59. The van der Waals surface area contributed by atoms with Crippen LogP contribution in [0.5, 0.6) is 6.01 Å². The third kappa shape index (κ3) is 6.59. The molecular weight excluding hydrogens is 662 g/mol. The van der Waals surface area contributed by atoms with Gasteiger partial charge in [0.15, 0.2) is 11.6 Å². The van der Waals surface area contributed by atoms with Crippen molar-refractivity contribution in [3.8, 4) is 23.3 Å². The quantitative estimate of drug-likeness (QED) is 0.161. The van der Waals surface area contributed by atoms with Crippen LogP contribution < -0.4 is 9.64 Å². The Morgan fingerprint density at radius 2 is 1.90 bits per heavy atom. The van der Waals surface area contributed by atoms with E-state index in [1.165, 1.54) is 24.1 Å². The highest BCUT2D eigenvalue weighted by Gasteiger charge is 2.46. The number of hydrogen-bond acceptors (Lipinski definition) is 8. The second kappa shape index (κ2) is 14.1. The monoisotopic (exact) mass is 695 g/mol. The van der Waals surface area contributed by atoms with Gasteiger partial charge in [0.1, 0.15) is 35.6 Å². The Morgan fingerprint density at radius 3 is 2.63 bits per heavy atom. The lowest BCUT2D eigenvalue weighted by atomic mass is 9.86. The number of piperidine rings is 1. The second-order valence-corrected chi connectivity index (χ2v) is 12.8. The highest BCUT2D eigenvalue weighted by atomic mass is 35.5. The molecule has 2 aromatic heterocycles. The van der Waals surface area contributed by atoms with Crippen LogP contribution in [0, 0.1) is 23.0 Å². The van der Waals surface area contributed by atoms with Gasteiger partial charge in [0.05, 0.1) is 22.0 Å². The van der Waals surface area contributed by atoms with Gasteiger partial charge in [-0.3, -0.25) is 14.7 Å². The number of carbonyl (C=O) groups is 1. The van der Waals surface area contributed by atoms with Crippen LogP contribution in [0.2, 0.25) is 5.02 Å². The molecule has 0 bridgehead atoms. The predicted molar refractivity (Wildman–Crippen MR) is 179 cm³/mol. The third-order valence-electron chi connectivity index (χ3n) is 9.48. The Kier molecular flexibility index (Phi) is 9.90. The number of benzene rings is 2. The Balaban J connectivity index is 0.00000134. The van der Waals surface area contributed by atoms with Gasteiger partial charge in [0.2, 0.25) is 0 Å². The minimum Gasteiger partial charge on any atom is -0.461 e. The van der Waals surface area contributed by atoms with Crippen molar-refractivity contribution in [2.75, 3.05) is 50.8 Å². The van der Waals surface area contributed by atoms with Crippen molar-refractivity contribution in [2.24, 2.45) is 0 Å². The second-order valence-electron chi connectivity index (χ2n) is 12.4. The van der Waals surface area contributed by atoms with Crippen molar-refractivity contribution < 1.29 is 27.1 Å². The summed E-state index contributed by atoms with van der Waals surface area (Å²) in [4.78, 5) is 31.2. The fraction of sp³-hybridized carbons (Fsp3) is 0.400. The molecule has 5 heterocycles. The highest BCUT2D eigenvalue weighted by Crippen LogP contribution is 2.40. The van der Waals surface area contributed by atoms with E-state index in [0.29, 0.717) is 46.9 Å². The number of aromatic nitrogens is 3. The minimum atomic E-state index is -1.04. The molecule has 1 amide bonds. The minimum absolute atomic E-state index is 0.0558. The molecule has 9 nitrogen and oxygen atoms in total. The lowest BCUT2D eigenvalue weighted by Crippen LogP contribution is -2.54. The SMILES string of the molecule is C=C(F)C(=O)N1CCN(c2nc(OCC34CCCN3CC(F)CC4)nc3c(F)c(-c4cccc5ccc(F)c(Cl)c45)ncc23)CC1.CC#N. The molecule has 3 aliphatic heterocycles. The van der Waals surface area contributed by atoms with Crippen LogP contribution in [0.1, 0.15) is 32.6 Å². The molecule has 7 rings (SSSR count). The maximum atomic E-state index is 16.6. The molecule has 0 saturated carbocycles. The zero-order valence-corrected chi connectivity index (χ0v) is 27.6. The smallest absolute Gasteiger partial charge is 0.319 e. The fourth-order valence-corrected chi connectivity index (χ4v) is 7.34. The van der Waals surface area contributed by atoms with E-state index in [-0.39, 0.29) is 60.6 Å². The average Bonchev–Trinajstić information content (AvgIpc) is 3.52. The van der Waals surface area contributed by atoms with Gasteiger partial charge in [-0.05, 0) is 43.7 Å². The summed E-state index contributed by atoms with van der Waals surface area (Å²) in [5.74, 6) is -2.87. The number of amides is 1. The number of rotatable bonds is 6. The number of anilines is 1. The first-order chi connectivity index (χ1) is 23.6. The zero-order chi connectivity index (χ0) is 34.9. The van der Waals surface area contributed by atoms with Crippen molar-refractivity contribution >= 4 is 45.0 Å². The van der Waals surface area contributed by atoms with Crippen molar-refractivity contribution in [2.45, 2.75) is 44.3 Å².